The second-order valence-electron chi connectivity index (χ2n) is 4.82. The Kier molecular flexibility index (Phi) is 4.38. The third kappa shape index (κ3) is 3.11. The van der Waals surface area contributed by atoms with Crippen molar-refractivity contribution >= 4 is 11.5 Å². The highest BCUT2D eigenvalue weighted by Crippen LogP contribution is 2.20. The minimum absolute atomic E-state index is 0.235. The Hall–Kier alpha value is -1.33. The molecule has 0 amide bonds. The van der Waals surface area contributed by atoms with Crippen LogP contribution in [0.25, 0.3) is 0 Å². The van der Waals surface area contributed by atoms with Crippen LogP contribution in [-0.4, -0.2) is 54.3 Å². The van der Waals surface area contributed by atoms with E-state index in [9.17, 15) is 0 Å². The maximum atomic E-state index is 8.99. The predicted molar refractivity (Wildman–Crippen MR) is 73.7 cm³/mol. The van der Waals surface area contributed by atoms with Gasteiger partial charge in [-0.15, -0.1) is 0 Å². The number of aliphatic hydroxyl groups excluding tert-OH is 1. The summed E-state index contributed by atoms with van der Waals surface area (Å²) in [4.78, 5) is 9.06. The van der Waals surface area contributed by atoms with Crippen LogP contribution in [0.2, 0.25) is 0 Å². The van der Waals surface area contributed by atoms with E-state index in [1.807, 2.05) is 6.07 Å². The van der Waals surface area contributed by atoms with Gasteiger partial charge in [0.15, 0.2) is 0 Å². The van der Waals surface area contributed by atoms with Crippen molar-refractivity contribution in [3.05, 3.63) is 17.8 Å². The fourth-order valence-electron chi connectivity index (χ4n) is 2.47. The Morgan fingerprint density at radius 1 is 1.33 bits per heavy atom. The zero-order chi connectivity index (χ0) is 13.0. The zero-order valence-electron chi connectivity index (χ0n) is 11.0. The number of β-amino-alcohol motifs (C(OH)–C–C–N with tert-alkyl or cyclic N) is 1. The predicted octanol–water partition coefficient (Wildman–Crippen LogP) is 0.477. The molecule has 1 aliphatic heterocycles. The number of aromatic nitrogens is 1. The molecule has 3 N–H and O–H groups in total. The van der Waals surface area contributed by atoms with Gasteiger partial charge in [0.1, 0.15) is 5.82 Å². The summed E-state index contributed by atoms with van der Waals surface area (Å²) in [5.41, 5.74) is 7.58. The topological polar surface area (TPSA) is 65.6 Å². The van der Waals surface area contributed by atoms with Gasteiger partial charge in [0.05, 0.1) is 18.5 Å². The van der Waals surface area contributed by atoms with E-state index in [2.05, 4.69) is 21.7 Å². The molecule has 0 unspecified atom stereocenters. The minimum atomic E-state index is 0.235. The third-order valence-corrected chi connectivity index (χ3v) is 3.38. The Morgan fingerprint density at radius 2 is 2.17 bits per heavy atom. The number of hydrogen-bond donors (Lipinski definition) is 2. The molecule has 1 aliphatic rings. The van der Waals surface area contributed by atoms with Gasteiger partial charge in [0.25, 0.3) is 0 Å². The second-order valence-corrected chi connectivity index (χ2v) is 4.82. The van der Waals surface area contributed by atoms with Crippen molar-refractivity contribution in [1.29, 1.82) is 0 Å². The van der Waals surface area contributed by atoms with Crippen LogP contribution < -0.4 is 10.6 Å². The first kappa shape index (κ1) is 13.1. The van der Waals surface area contributed by atoms with Crippen molar-refractivity contribution in [2.45, 2.75) is 13.3 Å². The van der Waals surface area contributed by atoms with Crippen LogP contribution in [-0.2, 0) is 0 Å². The van der Waals surface area contributed by atoms with Crippen LogP contribution in [0.3, 0.4) is 0 Å². The second kappa shape index (κ2) is 6.02. The first-order valence-electron chi connectivity index (χ1n) is 6.51. The summed E-state index contributed by atoms with van der Waals surface area (Å²) < 4.78 is 0. The van der Waals surface area contributed by atoms with E-state index in [4.69, 9.17) is 10.8 Å². The number of anilines is 2. The highest BCUT2D eigenvalue weighted by Gasteiger charge is 2.16. The van der Waals surface area contributed by atoms with Gasteiger partial charge >= 0.3 is 0 Å². The van der Waals surface area contributed by atoms with Crippen LogP contribution >= 0.6 is 0 Å². The molecular weight excluding hydrogens is 228 g/mol. The molecule has 18 heavy (non-hydrogen) atoms. The molecule has 1 aromatic rings. The zero-order valence-corrected chi connectivity index (χ0v) is 11.0. The number of aliphatic hydroxyl groups is 1. The molecule has 5 heteroatoms. The van der Waals surface area contributed by atoms with Crippen molar-refractivity contribution in [3.63, 3.8) is 0 Å². The molecule has 0 radical (unpaired) electrons. The maximum Gasteiger partial charge on any atom is 0.131 e. The number of pyridine rings is 1. The van der Waals surface area contributed by atoms with Crippen LogP contribution in [0.5, 0.6) is 0 Å². The number of aryl methyl sites for hydroxylation is 1. The fourth-order valence-corrected chi connectivity index (χ4v) is 2.47. The average molecular weight is 250 g/mol. The van der Waals surface area contributed by atoms with Crippen molar-refractivity contribution in [3.8, 4) is 0 Å². The Labute approximate surface area is 108 Å². The number of rotatable bonds is 3. The van der Waals surface area contributed by atoms with Crippen LogP contribution in [0.4, 0.5) is 11.5 Å². The first-order valence-corrected chi connectivity index (χ1v) is 6.51. The molecule has 0 aliphatic carbocycles. The molecule has 0 atom stereocenters. The third-order valence-electron chi connectivity index (χ3n) is 3.38. The molecule has 1 fully saturated rings. The molecule has 1 aromatic heterocycles. The van der Waals surface area contributed by atoms with Gasteiger partial charge in [-0.3, -0.25) is 4.90 Å². The van der Waals surface area contributed by atoms with Gasteiger partial charge in [0, 0.05) is 26.2 Å². The van der Waals surface area contributed by atoms with E-state index in [1.165, 1.54) is 0 Å². The molecular formula is C13H22N4O. The van der Waals surface area contributed by atoms with E-state index in [0.29, 0.717) is 5.69 Å². The molecule has 0 spiro atoms. The lowest BCUT2D eigenvalue weighted by molar-refractivity contribution is 0.204. The van der Waals surface area contributed by atoms with Gasteiger partial charge in [-0.05, 0) is 31.5 Å². The molecule has 2 heterocycles. The van der Waals surface area contributed by atoms with Crippen LogP contribution in [0, 0.1) is 6.92 Å². The van der Waals surface area contributed by atoms with Crippen molar-refractivity contribution in [1.82, 2.24) is 9.88 Å². The van der Waals surface area contributed by atoms with Gasteiger partial charge in [-0.2, -0.15) is 0 Å². The van der Waals surface area contributed by atoms with Gasteiger partial charge in [0.2, 0.25) is 0 Å². The number of nitrogen functional groups attached to an aromatic ring is 1. The van der Waals surface area contributed by atoms with Gasteiger partial charge < -0.3 is 15.7 Å². The Balaban J connectivity index is 2.05. The molecule has 1 saturated heterocycles. The lowest BCUT2D eigenvalue weighted by Gasteiger charge is -2.24. The minimum Gasteiger partial charge on any atom is -0.397 e. The summed E-state index contributed by atoms with van der Waals surface area (Å²) in [6.45, 7) is 7.05. The SMILES string of the molecule is Cc1cc(N)cnc1N1CCCN(CCO)CC1. The first-order chi connectivity index (χ1) is 8.70. The Bertz CT molecular complexity index is 397. The molecule has 0 saturated carbocycles. The van der Waals surface area contributed by atoms with E-state index in [-0.39, 0.29) is 6.61 Å². The Morgan fingerprint density at radius 3 is 2.89 bits per heavy atom. The molecule has 2 rings (SSSR count). The van der Waals surface area contributed by atoms with Gasteiger partial charge in [-0.1, -0.05) is 0 Å². The summed E-state index contributed by atoms with van der Waals surface area (Å²) in [5, 5.41) is 8.99. The molecule has 0 aromatic carbocycles. The van der Waals surface area contributed by atoms with Crippen LogP contribution in [0.15, 0.2) is 12.3 Å². The monoisotopic (exact) mass is 250 g/mol. The number of hydrogen-bond acceptors (Lipinski definition) is 5. The smallest absolute Gasteiger partial charge is 0.131 e. The van der Waals surface area contributed by atoms with E-state index in [0.717, 1.165) is 50.5 Å². The molecule has 5 nitrogen and oxygen atoms in total. The maximum absolute atomic E-state index is 8.99. The van der Waals surface area contributed by atoms with Crippen molar-refractivity contribution in [2.24, 2.45) is 0 Å². The largest absolute Gasteiger partial charge is 0.397 e. The lowest BCUT2D eigenvalue weighted by Crippen LogP contribution is -2.33. The lowest BCUT2D eigenvalue weighted by atomic mass is 10.2. The standard InChI is InChI=1S/C13H22N4O/c1-11-9-12(14)10-15-13(11)17-4-2-3-16(5-6-17)7-8-18/h9-10,18H,2-8,14H2,1H3. The van der Waals surface area contributed by atoms with Crippen molar-refractivity contribution in [2.75, 3.05) is 50.0 Å². The summed E-state index contributed by atoms with van der Waals surface area (Å²) in [7, 11) is 0. The van der Waals surface area contributed by atoms with Crippen molar-refractivity contribution < 1.29 is 5.11 Å². The van der Waals surface area contributed by atoms with Gasteiger partial charge in [-0.25, -0.2) is 4.98 Å². The molecule has 0 bridgehead atoms. The molecule has 100 valence electrons. The normalized spacial score (nSPS) is 17.8. The number of nitrogens with zero attached hydrogens (tertiary/aromatic N) is 3. The van der Waals surface area contributed by atoms with E-state index >= 15 is 0 Å². The summed E-state index contributed by atoms with van der Waals surface area (Å²) in [6.07, 6.45) is 2.82. The fraction of sp³-hybridized carbons (Fsp3) is 0.615. The quantitative estimate of drug-likeness (QED) is 0.816. The van der Waals surface area contributed by atoms with E-state index < -0.39 is 0 Å². The summed E-state index contributed by atoms with van der Waals surface area (Å²) in [5.74, 6) is 1.04. The summed E-state index contributed by atoms with van der Waals surface area (Å²) in [6, 6.07) is 1.97. The number of nitrogens with two attached hydrogens (primary N) is 1. The van der Waals surface area contributed by atoms with Crippen LogP contribution in [0.1, 0.15) is 12.0 Å². The summed E-state index contributed by atoms with van der Waals surface area (Å²) >= 11 is 0. The highest BCUT2D eigenvalue weighted by atomic mass is 16.3. The van der Waals surface area contributed by atoms with E-state index in [1.54, 1.807) is 6.20 Å². The highest BCUT2D eigenvalue weighted by molar-refractivity contribution is 5.52. The average Bonchev–Trinajstić information content (AvgIpc) is 2.55.